The maximum atomic E-state index is 12.6. The molecular weight excluding hydrogens is 286 g/mol. The Kier molecular flexibility index (Phi) is 4.61. The van der Waals surface area contributed by atoms with Crippen molar-refractivity contribution < 1.29 is 14.3 Å². The van der Waals surface area contributed by atoms with Crippen LogP contribution in [0.5, 0.6) is 0 Å². The number of rotatable bonds is 4. The van der Waals surface area contributed by atoms with Gasteiger partial charge >= 0.3 is 5.97 Å². The summed E-state index contributed by atoms with van der Waals surface area (Å²) < 4.78 is 4.90. The number of carbonyl (C=O) groups excluding carboxylic acids is 2. The molecule has 0 fully saturated rings. The van der Waals surface area contributed by atoms with Crippen LogP contribution in [0.2, 0.25) is 0 Å². The molecular formula is C16H23NO3S. The normalized spacial score (nSPS) is 19.1. The second-order valence-corrected chi connectivity index (χ2v) is 10.8. The van der Waals surface area contributed by atoms with Crippen molar-refractivity contribution in [2.45, 2.75) is 5.92 Å². The zero-order valence-corrected chi connectivity index (χ0v) is 13.9. The van der Waals surface area contributed by atoms with E-state index >= 15 is 0 Å². The van der Waals surface area contributed by atoms with Gasteiger partial charge in [-0.3, -0.25) is 9.59 Å². The van der Waals surface area contributed by atoms with E-state index in [1.165, 1.54) is 7.11 Å². The zero-order chi connectivity index (χ0) is 15.6. The molecule has 1 atom stereocenters. The van der Waals surface area contributed by atoms with E-state index in [-0.39, 0.29) is 17.8 Å². The molecule has 1 unspecified atom stereocenters. The number of esters is 1. The molecule has 0 saturated heterocycles. The van der Waals surface area contributed by atoms with E-state index in [9.17, 15) is 9.59 Å². The first-order valence-corrected chi connectivity index (χ1v) is 9.98. The predicted molar refractivity (Wildman–Crippen MR) is 87.3 cm³/mol. The van der Waals surface area contributed by atoms with Crippen LogP contribution < -0.4 is 0 Å². The molecule has 4 nitrogen and oxygen atoms in total. The minimum atomic E-state index is -0.678. The van der Waals surface area contributed by atoms with Crippen molar-refractivity contribution in [3.8, 4) is 0 Å². The Bertz CT molecular complexity index is 551. The number of ether oxygens (including phenoxy) is 1. The third-order valence-electron chi connectivity index (χ3n) is 3.72. The first kappa shape index (κ1) is 15.9. The third kappa shape index (κ3) is 3.59. The largest absolute Gasteiger partial charge is 0.468 e. The van der Waals surface area contributed by atoms with Crippen LogP contribution in [-0.4, -0.2) is 61.5 Å². The molecule has 1 heterocycles. The Labute approximate surface area is 127 Å². The number of carbonyl (C=O) groups is 2. The molecule has 1 aromatic rings. The van der Waals surface area contributed by atoms with E-state index in [1.807, 2.05) is 18.2 Å². The van der Waals surface area contributed by atoms with Crippen LogP contribution in [0.3, 0.4) is 0 Å². The number of amides is 1. The van der Waals surface area contributed by atoms with Gasteiger partial charge < -0.3 is 9.64 Å². The molecule has 1 aromatic carbocycles. The van der Waals surface area contributed by atoms with Crippen LogP contribution in [-0.2, 0) is 9.53 Å². The summed E-state index contributed by atoms with van der Waals surface area (Å²) >= 11 is 0. The Balaban J connectivity index is 2.28. The van der Waals surface area contributed by atoms with Crippen LogP contribution in [0.4, 0.5) is 0 Å². The summed E-state index contributed by atoms with van der Waals surface area (Å²) in [6, 6.07) is 7.34. The Morgan fingerprint density at radius 1 is 1.33 bits per heavy atom. The summed E-state index contributed by atoms with van der Waals surface area (Å²) in [6.45, 7) is 1.11. The van der Waals surface area contributed by atoms with Crippen molar-refractivity contribution in [3.63, 3.8) is 0 Å². The van der Waals surface area contributed by atoms with Crippen molar-refractivity contribution in [1.82, 2.24) is 4.90 Å². The van der Waals surface area contributed by atoms with Gasteiger partial charge in [-0.25, -0.2) is 10.0 Å². The standard InChI is InChI=1S/C16H23NO3S/c1-20-16(19)14-11-17(9-10-21(2,3)4)15(18)13-8-6-5-7-12(13)14/h5-8,14H,9-11H2,1-4H3. The number of hydrogen-bond acceptors (Lipinski definition) is 3. The maximum absolute atomic E-state index is 12.6. The fourth-order valence-electron chi connectivity index (χ4n) is 2.49. The van der Waals surface area contributed by atoms with Crippen molar-refractivity contribution >= 4 is 21.9 Å². The van der Waals surface area contributed by atoms with Crippen LogP contribution in [0, 0.1) is 0 Å². The van der Waals surface area contributed by atoms with Crippen LogP contribution in [0.1, 0.15) is 21.8 Å². The van der Waals surface area contributed by atoms with Crippen LogP contribution in [0.25, 0.3) is 0 Å². The SMILES string of the molecule is COC(=O)C1CN(CCS(C)(C)C)C(=O)c2ccccc21. The number of methoxy groups -OCH3 is 1. The molecule has 0 N–H and O–H groups in total. The van der Waals surface area contributed by atoms with Crippen LogP contribution in [0.15, 0.2) is 24.3 Å². The van der Waals surface area contributed by atoms with Gasteiger partial charge in [-0.15, -0.1) is 0 Å². The lowest BCUT2D eigenvalue weighted by molar-refractivity contribution is -0.142. The average molecular weight is 309 g/mol. The van der Waals surface area contributed by atoms with Gasteiger partial charge in [0.2, 0.25) is 0 Å². The minimum absolute atomic E-state index is 0.0226. The lowest BCUT2D eigenvalue weighted by atomic mass is 9.89. The monoisotopic (exact) mass is 309 g/mol. The van der Waals surface area contributed by atoms with Crippen molar-refractivity contribution in [2.24, 2.45) is 0 Å². The molecule has 0 aliphatic carbocycles. The highest BCUT2D eigenvalue weighted by Gasteiger charge is 2.35. The molecule has 2 rings (SSSR count). The minimum Gasteiger partial charge on any atom is -0.468 e. The van der Waals surface area contributed by atoms with Gasteiger partial charge in [0.1, 0.15) is 5.92 Å². The summed E-state index contributed by atoms with van der Waals surface area (Å²) in [6.07, 6.45) is 6.69. The van der Waals surface area contributed by atoms with E-state index in [0.29, 0.717) is 18.7 Å². The molecule has 5 heteroatoms. The first-order chi connectivity index (χ1) is 9.83. The predicted octanol–water partition coefficient (Wildman–Crippen LogP) is 2.09. The van der Waals surface area contributed by atoms with Crippen LogP contribution >= 0.6 is 10.0 Å². The van der Waals surface area contributed by atoms with E-state index < -0.39 is 10.0 Å². The molecule has 1 aliphatic heterocycles. The Hall–Kier alpha value is -1.49. The van der Waals surface area contributed by atoms with Crippen molar-refractivity contribution in [1.29, 1.82) is 0 Å². The summed E-state index contributed by atoms with van der Waals surface area (Å²) in [5, 5.41) is 0. The molecule has 0 radical (unpaired) electrons. The number of nitrogens with zero attached hydrogens (tertiary/aromatic N) is 1. The van der Waals surface area contributed by atoms with E-state index in [4.69, 9.17) is 4.74 Å². The lowest BCUT2D eigenvalue weighted by Crippen LogP contribution is -2.44. The quantitative estimate of drug-likeness (QED) is 0.800. The second kappa shape index (κ2) is 6.10. The number of benzene rings is 1. The zero-order valence-electron chi connectivity index (χ0n) is 13.1. The highest BCUT2D eigenvalue weighted by atomic mass is 32.3. The Morgan fingerprint density at radius 3 is 2.62 bits per heavy atom. The maximum Gasteiger partial charge on any atom is 0.314 e. The molecule has 116 valence electrons. The summed E-state index contributed by atoms with van der Waals surface area (Å²) in [7, 11) is 0.716. The molecule has 1 amide bonds. The van der Waals surface area contributed by atoms with Gasteiger partial charge in [-0.05, 0) is 36.1 Å². The van der Waals surface area contributed by atoms with Crippen molar-refractivity contribution in [3.05, 3.63) is 35.4 Å². The Morgan fingerprint density at radius 2 is 2.00 bits per heavy atom. The molecule has 0 aromatic heterocycles. The highest BCUT2D eigenvalue weighted by molar-refractivity contribution is 8.32. The number of fused-ring (bicyclic) bond motifs is 1. The van der Waals surface area contributed by atoms with E-state index in [2.05, 4.69) is 18.8 Å². The molecule has 0 saturated carbocycles. The third-order valence-corrected chi connectivity index (χ3v) is 5.12. The molecule has 21 heavy (non-hydrogen) atoms. The van der Waals surface area contributed by atoms with E-state index in [0.717, 1.165) is 11.3 Å². The summed E-state index contributed by atoms with van der Waals surface area (Å²) in [5.41, 5.74) is 1.41. The molecule has 1 aliphatic rings. The average Bonchev–Trinajstić information content (AvgIpc) is 2.45. The van der Waals surface area contributed by atoms with E-state index in [1.54, 1.807) is 11.0 Å². The second-order valence-electron chi connectivity index (χ2n) is 6.21. The smallest absolute Gasteiger partial charge is 0.314 e. The molecule has 0 spiro atoms. The fourth-order valence-corrected chi connectivity index (χ4v) is 3.26. The van der Waals surface area contributed by atoms with Gasteiger partial charge in [-0.1, -0.05) is 18.2 Å². The van der Waals surface area contributed by atoms with Gasteiger partial charge in [0.15, 0.2) is 0 Å². The van der Waals surface area contributed by atoms with Crippen molar-refractivity contribution in [2.75, 3.05) is 44.7 Å². The summed E-state index contributed by atoms with van der Waals surface area (Å²) in [4.78, 5) is 26.4. The van der Waals surface area contributed by atoms with Gasteiger partial charge in [0, 0.05) is 18.7 Å². The fraction of sp³-hybridized carbons (Fsp3) is 0.500. The topological polar surface area (TPSA) is 46.6 Å². The lowest BCUT2D eigenvalue weighted by Gasteiger charge is -2.35. The number of hydrogen-bond donors (Lipinski definition) is 0. The van der Waals surface area contributed by atoms with Gasteiger partial charge in [-0.2, -0.15) is 0 Å². The summed E-state index contributed by atoms with van der Waals surface area (Å²) in [5.74, 6) is 0.353. The highest BCUT2D eigenvalue weighted by Crippen LogP contribution is 2.35. The molecule has 0 bridgehead atoms. The van der Waals surface area contributed by atoms with Gasteiger partial charge in [0.05, 0.1) is 7.11 Å². The van der Waals surface area contributed by atoms with Gasteiger partial charge in [0.25, 0.3) is 5.91 Å². The first-order valence-electron chi connectivity index (χ1n) is 6.95.